The number of benzene rings is 3. The smallest absolute Gasteiger partial charge is 0.356 e. The van der Waals surface area contributed by atoms with E-state index in [0.29, 0.717) is 28.1 Å². The van der Waals surface area contributed by atoms with Gasteiger partial charge in [-0.2, -0.15) is 0 Å². The minimum Gasteiger partial charge on any atom is -0.494 e. The summed E-state index contributed by atoms with van der Waals surface area (Å²) in [5.41, 5.74) is 1.82. The van der Waals surface area contributed by atoms with Crippen LogP contribution in [0.15, 0.2) is 77.6 Å². The Morgan fingerprint density at radius 2 is 1.72 bits per heavy atom. The molecule has 198 valence electrons. The maximum absolute atomic E-state index is 13.6. The predicted octanol–water partition coefficient (Wildman–Crippen LogP) is 5.79. The van der Waals surface area contributed by atoms with Gasteiger partial charge in [-0.1, -0.05) is 66.8 Å². The van der Waals surface area contributed by atoms with Gasteiger partial charge in [-0.05, 0) is 48.6 Å². The van der Waals surface area contributed by atoms with E-state index in [1.54, 1.807) is 19.1 Å². The highest BCUT2D eigenvalue weighted by Crippen LogP contribution is 2.32. The van der Waals surface area contributed by atoms with Crippen LogP contribution in [0.5, 0.6) is 5.75 Å². The van der Waals surface area contributed by atoms with E-state index in [1.165, 1.54) is 23.0 Å². The van der Waals surface area contributed by atoms with Crippen LogP contribution in [0.2, 0.25) is 0 Å². The topological polar surface area (TPSA) is 99.5 Å². The highest BCUT2D eigenvalue weighted by molar-refractivity contribution is 7.22. The molecule has 0 radical (unpaired) electrons. The van der Waals surface area contributed by atoms with Gasteiger partial charge in [0.15, 0.2) is 11.2 Å². The van der Waals surface area contributed by atoms with Gasteiger partial charge in [0, 0.05) is 18.0 Å². The van der Waals surface area contributed by atoms with E-state index >= 15 is 0 Å². The summed E-state index contributed by atoms with van der Waals surface area (Å²) in [4.78, 5) is 44.4. The van der Waals surface area contributed by atoms with Crippen molar-refractivity contribution in [2.45, 2.75) is 26.4 Å². The number of amides is 1. The molecule has 0 aliphatic rings. The number of nitrogens with one attached hydrogen (secondary N) is 1. The normalized spacial score (nSPS) is 11.9. The van der Waals surface area contributed by atoms with Crippen molar-refractivity contribution >= 4 is 49.3 Å². The lowest BCUT2D eigenvalue weighted by atomic mass is 9.97. The fraction of sp³-hybridized carbons (Fsp3) is 0.200. The van der Waals surface area contributed by atoms with Crippen LogP contribution in [0.25, 0.3) is 32.1 Å². The van der Waals surface area contributed by atoms with Crippen LogP contribution < -0.4 is 15.6 Å². The molecule has 5 rings (SSSR count). The minimum atomic E-state index is -1.09. The van der Waals surface area contributed by atoms with Crippen molar-refractivity contribution in [3.8, 4) is 16.9 Å². The second-order valence-corrected chi connectivity index (χ2v) is 9.90. The van der Waals surface area contributed by atoms with E-state index in [4.69, 9.17) is 9.47 Å². The summed E-state index contributed by atoms with van der Waals surface area (Å²) in [5.74, 6) is -0.532. The Balaban J connectivity index is 1.46. The summed E-state index contributed by atoms with van der Waals surface area (Å²) in [5, 5.41) is 4.29. The molecule has 39 heavy (non-hydrogen) atoms. The zero-order chi connectivity index (χ0) is 27.5. The van der Waals surface area contributed by atoms with Crippen molar-refractivity contribution in [1.29, 1.82) is 0 Å². The molecule has 0 aliphatic heterocycles. The van der Waals surface area contributed by atoms with Gasteiger partial charge in [-0.15, -0.1) is 0 Å². The molecule has 0 saturated heterocycles. The van der Waals surface area contributed by atoms with E-state index in [9.17, 15) is 14.4 Å². The number of hydrogen-bond donors (Lipinski definition) is 1. The van der Waals surface area contributed by atoms with E-state index in [2.05, 4.69) is 10.3 Å². The number of anilines is 1. The van der Waals surface area contributed by atoms with Gasteiger partial charge < -0.3 is 14.0 Å². The SMILES string of the molecule is CCOc1ccc2nc(NC(=O)C(CC)OC(=O)c3c(-c4ccccc4)c4ccccc4c(=O)n3C)sc2c1. The van der Waals surface area contributed by atoms with Crippen LogP contribution in [-0.4, -0.2) is 34.1 Å². The standard InChI is InChI=1S/C30H27N3O5S/c1-4-23(27(34)32-30-31-22-16-15-19(37-5-2)17-24(22)39-30)38-29(36)26-25(18-11-7-6-8-12-18)20-13-9-10-14-21(20)28(35)33(26)3/h6-17,23H,4-5H2,1-3H3,(H,31,32,34). The number of carbonyl (C=O) groups excluding carboxylic acids is 2. The van der Waals surface area contributed by atoms with Crippen molar-refractivity contribution < 1.29 is 19.1 Å². The molecule has 5 aromatic rings. The van der Waals surface area contributed by atoms with Gasteiger partial charge in [-0.25, -0.2) is 9.78 Å². The number of esters is 1. The number of thiazole rings is 1. The molecule has 2 aromatic heterocycles. The number of rotatable bonds is 8. The summed E-state index contributed by atoms with van der Waals surface area (Å²) >= 11 is 1.31. The second kappa shape index (κ2) is 11.1. The maximum Gasteiger partial charge on any atom is 0.356 e. The highest BCUT2D eigenvalue weighted by Gasteiger charge is 2.28. The van der Waals surface area contributed by atoms with Crippen molar-refractivity contribution in [3.63, 3.8) is 0 Å². The summed E-state index contributed by atoms with van der Waals surface area (Å²) in [6.45, 7) is 4.21. The number of hydrogen-bond acceptors (Lipinski definition) is 7. The minimum absolute atomic E-state index is 0.0830. The van der Waals surface area contributed by atoms with Crippen LogP contribution in [0.3, 0.4) is 0 Å². The number of pyridine rings is 1. The molecule has 9 heteroatoms. The van der Waals surface area contributed by atoms with Crippen LogP contribution >= 0.6 is 11.3 Å². The molecular formula is C30H27N3O5S. The first-order chi connectivity index (χ1) is 18.9. The molecular weight excluding hydrogens is 514 g/mol. The van der Waals surface area contributed by atoms with Crippen molar-refractivity contribution in [1.82, 2.24) is 9.55 Å². The lowest BCUT2D eigenvalue weighted by molar-refractivity contribution is -0.124. The molecule has 1 amide bonds. The van der Waals surface area contributed by atoms with E-state index < -0.39 is 18.0 Å². The number of nitrogens with zero attached hydrogens (tertiary/aromatic N) is 2. The van der Waals surface area contributed by atoms with Gasteiger partial charge in [-0.3, -0.25) is 14.9 Å². The summed E-state index contributed by atoms with van der Waals surface area (Å²) in [6.07, 6.45) is -0.854. The third kappa shape index (κ3) is 5.13. The van der Waals surface area contributed by atoms with E-state index in [1.807, 2.05) is 67.6 Å². The maximum atomic E-state index is 13.6. The van der Waals surface area contributed by atoms with Gasteiger partial charge in [0.25, 0.3) is 11.5 Å². The number of ether oxygens (including phenoxy) is 2. The molecule has 1 N–H and O–H groups in total. The lowest BCUT2D eigenvalue weighted by Gasteiger charge is -2.20. The van der Waals surface area contributed by atoms with Crippen molar-refractivity contribution in [2.24, 2.45) is 7.05 Å². The van der Waals surface area contributed by atoms with Crippen LogP contribution in [0.1, 0.15) is 30.8 Å². The predicted molar refractivity (Wildman–Crippen MR) is 154 cm³/mol. The first-order valence-corrected chi connectivity index (χ1v) is 13.4. The Hall–Kier alpha value is -4.50. The Kier molecular flexibility index (Phi) is 7.42. The Bertz CT molecular complexity index is 1740. The van der Waals surface area contributed by atoms with Gasteiger partial charge in [0.05, 0.1) is 16.8 Å². The Morgan fingerprint density at radius 1 is 1.00 bits per heavy atom. The van der Waals surface area contributed by atoms with Crippen LogP contribution in [0, 0.1) is 0 Å². The molecule has 0 spiro atoms. The summed E-state index contributed by atoms with van der Waals surface area (Å²) in [7, 11) is 1.54. The molecule has 0 fully saturated rings. The van der Waals surface area contributed by atoms with Crippen LogP contribution in [0.4, 0.5) is 5.13 Å². The summed E-state index contributed by atoms with van der Waals surface area (Å²) in [6, 6.07) is 22.0. The molecule has 2 heterocycles. The molecule has 1 atom stereocenters. The van der Waals surface area contributed by atoms with Crippen LogP contribution in [-0.2, 0) is 16.6 Å². The number of carbonyl (C=O) groups is 2. The monoisotopic (exact) mass is 541 g/mol. The average molecular weight is 542 g/mol. The number of aromatic nitrogens is 2. The zero-order valence-electron chi connectivity index (χ0n) is 21.8. The highest BCUT2D eigenvalue weighted by atomic mass is 32.1. The Labute approximate surface area is 228 Å². The first-order valence-electron chi connectivity index (χ1n) is 12.6. The Morgan fingerprint density at radius 3 is 2.44 bits per heavy atom. The van der Waals surface area contributed by atoms with Gasteiger partial charge in [0.2, 0.25) is 0 Å². The fourth-order valence-electron chi connectivity index (χ4n) is 4.51. The zero-order valence-corrected chi connectivity index (χ0v) is 22.6. The summed E-state index contributed by atoms with van der Waals surface area (Å²) < 4.78 is 13.4. The lowest BCUT2D eigenvalue weighted by Crippen LogP contribution is -2.34. The van der Waals surface area contributed by atoms with Gasteiger partial charge in [0.1, 0.15) is 11.4 Å². The molecule has 8 nitrogen and oxygen atoms in total. The molecule has 0 bridgehead atoms. The van der Waals surface area contributed by atoms with E-state index in [-0.39, 0.29) is 17.7 Å². The van der Waals surface area contributed by atoms with Gasteiger partial charge >= 0.3 is 5.97 Å². The molecule has 3 aromatic carbocycles. The average Bonchev–Trinajstić information content (AvgIpc) is 3.35. The fourth-order valence-corrected chi connectivity index (χ4v) is 5.41. The second-order valence-electron chi connectivity index (χ2n) is 8.87. The number of fused-ring (bicyclic) bond motifs is 2. The van der Waals surface area contributed by atoms with Crippen molar-refractivity contribution in [2.75, 3.05) is 11.9 Å². The third-order valence-electron chi connectivity index (χ3n) is 6.37. The quantitative estimate of drug-likeness (QED) is 0.250. The molecule has 0 aliphatic carbocycles. The molecule has 0 saturated carbocycles. The van der Waals surface area contributed by atoms with E-state index in [0.717, 1.165) is 21.5 Å². The largest absolute Gasteiger partial charge is 0.494 e. The first kappa shape index (κ1) is 26.1. The third-order valence-corrected chi connectivity index (χ3v) is 7.31. The molecule has 1 unspecified atom stereocenters. The van der Waals surface area contributed by atoms with Crippen molar-refractivity contribution in [3.05, 3.63) is 88.8 Å².